The lowest BCUT2D eigenvalue weighted by Crippen LogP contribution is -2.35. The fraction of sp³-hybridized carbons (Fsp3) is 0.533. The van der Waals surface area contributed by atoms with Gasteiger partial charge in [0.05, 0.1) is 25.7 Å². The van der Waals surface area contributed by atoms with E-state index >= 15 is 0 Å². The Morgan fingerprint density at radius 2 is 1.84 bits per heavy atom. The normalized spacial score (nSPS) is 17.4. The maximum atomic E-state index is 8.78. The molecule has 1 aliphatic rings. The molecular formula is C15H20N2O2. The second kappa shape index (κ2) is 6.44. The van der Waals surface area contributed by atoms with E-state index in [9.17, 15) is 0 Å². The largest absolute Gasteiger partial charge is 0.490 e. The molecule has 0 saturated carbocycles. The van der Waals surface area contributed by atoms with Crippen molar-refractivity contribution in [2.75, 3.05) is 13.2 Å². The molecule has 0 radical (unpaired) electrons. The monoisotopic (exact) mass is 260 g/mol. The smallest absolute Gasteiger partial charge is 0.161 e. The van der Waals surface area contributed by atoms with Gasteiger partial charge in [0.15, 0.2) is 11.5 Å². The Bertz CT molecular complexity index is 480. The van der Waals surface area contributed by atoms with E-state index < -0.39 is 0 Å². The van der Waals surface area contributed by atoms with Crippen LogP contribution < -0.4 is 14.8 Å². The predicted molar refractivity (Wildman–Crippen MR) is 73.3 cm³/mol. The van der Waals surface area contributed by atoms with Crippen LogP contribution in [-0.2, 0) is 13.0 Å². The van der Waals surface area contributed by atoms with Crippen molar-refractivity contribution in [1.29, 1.82) is 5.26 Å². The Morgan fingerprint density at radius 1 is 1.21 bits per heavy atom. The maximum Gasteiger partial charge on any atom is 0.161 e. The van der Waals surface area contributed by atoms with Gasteiger partial charge in [-0.25, -0.2) is 0 Å². The first-order chi connectivity index (χ1) is 9.28. The molecule has 1 atom stereocenters. The molecule has 19 heavy (non-hydrogen) atoms. The summed E-state index contributed by atoms with van der Waals surface area (Å²) in [4.78, 5) is 0. The van der Waals surface area contributed by atoms with E-state index in [0.29, 0.717) is 19.6 Å². The molecule has 0 aliphatic carbocycles. The van der Waals surface area contributed by atoms with Gasteiger partial charge in [-0.05, 0) is 43.5 Å². The van der Waals surface area contributed by atoms with Gasteiger partial charge in [-0.15, -0.1) is 0 Å². The zero-order chi connectivity index (χ0) is 13.7. The van der Waals surface area contributed by atoms with E-state index in [-0.39, 0.29) is 6.04 Å². The molecule has 0 saturated heterocycles. The highest BCUT2D eigenvalue weighted by Gasteiger charge is 2.20. The minimum atomic E-state index is 0.241. The third-order valence-corrected chi connectivity index (χ3v) is 3.25. The summed E-state index contributed by atoms with van der Waals surface area (Å²) in [5.41, 5.74) is 2.49. The third-order valence-electron chi connectivity index (χ3n) is 3.25. The summed E-state index contributed by atoms with van der Waals surface area (Å²) in [6.45, 7) is 5.97. The van der Waals surface area contributed by atoms with Crippen LogP contribution in [0.4, 0.5) is 0 Å². The summed E-state index contributed by atoms with van der Waals surface area (Å²) in [5, 5.41) is 12.2. The van der Waals surface area contributed by atoms with E-state index in [0.717, 1.165) is 24.5 Å². The first kappa shape index (κ1) is 13.7. The second-order valence-corrected chi connectivity index (χ2v) is 4.58. The topological polar surface area (TPSA) is 54.3 Å². The molecule has 1 heterocycles. The Balaban J connectivity index is 2.26. The van der Waals surface area contributed by atoms with E-state index in [4.69, 9.17) is 14.7 Å². The molecular weight excluding hydrogens is 240 g/mol. The van der Waals surface area contributed by atoms with Crippen LogP contribution in [0.2, 0.25) is 0 Å². The summed E-state index contributed by atoms with van der Waals surface area (Å²) in [6.07, 6.45) is 1.41. The first-order valence-corrected chi connectivity index (χ1v) is 6.80. The number of hydrogen-bond acceptors (Lipinski definition) is 4. The molecule has 0 bridgehead atoms. The van der Waals surface area contributed by atoms with E-state index in [1.807, 2.05) is 13.8 Å². The highest BCUT2D eigenvalue weighted by atomic mass is 16.5. The van der Waals surface area contributed by atoms with Gasteiger partial charge in [0.2, 0.25) is 0 Å². The van der Waals surface area contributed by atoms with Crippen LogP contribution in [0.1, 0.15) is 31.4 Å². The molecule has 102 valence electrons. The van der Waals surface area contributed by atoms with Gasteiger partial charge in [-0.3, -0.25) is 0 Å². The molecule has 1 aromatic carbocycles. The molecule has 1 aromatic rings. The minimum absolute atomic E-state index is 0.241. The second-order valence-electron chi connectivity index (χ2n) is 4.58. The zero-order valence-corrected chi connectivity index (χ0v) is 11.5. The summed E-state index contributed by atoms with van der Waals surface area (Å²) in [7, 11) is 0. The van der Waals surface area contributed by atoms with Crippen LogP contribution in [0.25, 0.3) is 0 Å². The number of ether oxygens (including phenoxy) is 2. The third kappa shape index (κ3) is 3.18. The van der Waals surface area contributed by atoms with Gasteiger partial charge >= 0.3 is 0 Å². The van der Waals surface area contributed by atoms with Gasteiger partial charge < -0.3 is 14.8 Å². The van der Waals surface area contributed by atoms with E-state index in [1.165, 1.54) is 11.1 Å². The number of nitriles is 1. The van der Waals surface area contributed by atoms with Crippen LogP contribution in [0.5, 0.6) is 11.5 Å². The Labute approximate surface area is 114 Å². The van der Waals surface area contributed by atoms with Gasteiger partial charge in [0, 0.05) is 12.6 Å². The van der Waals surface area contributed by atoms with Crippen LogP contribution in [0.3, 0.4) is 0 Å². The predicted octanol–water partition coefficient (Wildman–Crippen LogP) is 2.41. The number of benzene rings is 1. The minimum Gasteiger partial charge on any atom is -0.490 e. The Kier molecular flexibility index (Phi) is 4.64. The summed E-state index contributed by atoms with van der Waals surface area (Å²) in [5.74, 6) is 1.62. The van der Waals surface area contributed by atoms with E-state index in [2.05, 4.69) is 23.5 Å². The van der Waals surface area contributed by atoms with Gasteiger partial charge in [0.25, 0.3) is 0 Å². The summed E-state index contributed by atoms with van der Waals surface area (Å²) < 4.78 is 11.3. The lowest BCUT2D eigenvalue weighted by Gasteiger charge is -2.26. The molecule has 2 rings (SSSR count). The lowest BCUT2D eigenvalue weighted by atomic mass is 9.94. The SMILES string of the molecule is CCOc1cc2c(cc1OCC)CC(CC#N)NC2. The molecule has 0 amide bonds. The number of hydrogen-bond donors (Lipinski definition) is 1. The fourth-order valence-corrected chi connectivity index (χ4v) is 2.38. The van der Waals surface area contributed by atoms with E-state index in [1.54, 1.807) is 0 Å². The molecule has 4 nitrogen and oxygen atoms in total. The molecule has 1 N–H and O–H groups in total. The molecule has 0 aromatic heterocycles. The van der Waals surface area contributed by atoms with Crippen molar-refractivity contribution in [1.82, 2.24) is 5.32 Å². The highest BCUT2D eigenvalue weighted by Crippen LogP contribution is 2.33. The molecule has 0 spiro atoms. The molecule has 0 fully saturated rings. The zero-order valence-electron chi connectivity index (χ0n) is 11.5. The average molecular weight is 260 g/mol. The Hall–Kier alpha value is -1.73. The molecule has 4 heteroatoms. The van der Waals surface area contributed by atoms with Crippen molar-refractivity contribution in [2.24, 2.45) is 0 Å². The number of rotatable bonds is 5. The Morgan fingerprint density at radius 3 is 2.42 bits per heavy atom. The van der Waals surface area contributed by atoms with Crippen molar-refractivity contribution >= 4 is 0 Å². The summed E-state index contributed by atoms with van der Waals surface area (Å²) in [6, 6.07) is 6.58. The van der Waals surface area contributed by atoms with Crippen molar-refractivity contribution in [3.05, 3.63) is 23.3 Å². The molecule has 1 unspecified atom stereocenters. The van der Waals surface area contributed by atoms with Crippen LogP contribution in [0.15, 0.2) is 12.1 Å². The van der Waals surface area contributed by atoms with Crippen molar-refractivity contribution in [2.45, 2.75) is 39.3 Å². The van der Waals surface area contributed by atoms with Crippen LogP contribution >= 0.6 is 0 Å². The molecule has 1 aliphatic heterocycles. The van der Waals surface area contributed by atoms with Gasteiger partial charge in [-0.1, -0.05) is 0 Å². The quantitative estimate of drug-likeness (QED) is 0.883. The summed E-state index contributed by atoms with van der Waals surface area (Å²) >= 11 is 0. The maximum absolute atomic E-state index is 8.78. The first-order valence-electron chi connectivity index (χ1n) is 6.80. The van der Waals surface area contributed by atoms with Crippen molar-refractivity contribution < 1.29 is 9.47 Å². The standard InChI is InChI=1S/C15H20N2O2/c1-3-18-14-8-11-7-13(5-6-16)17-10-12(11)9-15(14)19-4-2/h8-9,13,17H,3-5,7,10H2,1-2H3. The number of nitrogens with one attached hydrogen (secondary N) is 1. The average Bonchev–Trinajstić information content (AvgIpc) is 2.40. The fourth-order valence-electron chi connectivity index (χ4n) is 2.38. The van der Waals surface area contributed by atoms with Gasteiger partial charge in [-0.2, -0.15) is 5.26 Å². The number of fused-ring (bicyclic) bond motifs is 1. The number of nitrogens with zero attached hydrogens (tertiary/aromatic N) is 1. The van der Waals surface area contributed by atoms with Gasteiger partial charge in [0.1, 0.15) is 0 Å². The highest BCUT2D eigenvalue weighted by molar-refractivity contribution is 5.48. The van der Waals surface area contributed by atoms with Crippen LogP contribution in [-0.4, -0.2) is 19.3 Å². The van der Waals surface area contributed by atoms with Crippen molar-refractivity contribution in [3.63, 3.8) is 0 Å². The lowest BCUT2D eigenvalue weighted by molar-refractivity contribution is 0.286. The van der Waals surface area contributed by atoms with Crippen LogP contribution in [0, 0.1) is 11.3 Å². The van der Waals surface area contributed by atoms with Crippen molar-refractivity contribution in [3.8, 4) is 17.6 Å².